The standard InChI is InChI=1S/C16H24O2/c1-15(2,3)10-12-6-8-13(9-7-12)11-16(4,5)14(17)18/h6-9H,10-11H2,1-5H3,(H,17,18). The van der Waals surface area contributed by atoms with Gasteiger partial charge < -0.3 is 5.11 Å². The fraction of sp³-hybridized carbons (Fsp3) is 0.562. The van der Waals surface area contributed by atoms with Crippen LogP contribution in [0.2, 0.25) is 0 Å². The van der Waals surface area contributed by atoms with Gasteiger partial charge in [-0.2, -0.15) is 0 Å². The Morgan fingerprint density at radius 1 is 0.944 bits per heavy atom. The third-order valence-corrected chi connectivity index (χ3v) is 2.98. The molecule has 0 aliphatic rings. The second-order valence-corrected chi connectivity index (χ2v) is 6.92. The van der Waals surface area contributed by atoms with Crippen LogP contribution in [0.25, 0.3) is 0 Å². The summed E-state index contributed by atoms with van der Waals surface area (Å²) in [6, 6.07) is 8.31. The van der Waals surface area contributed by atoms with Crippen LogP contribution in [0.5, 0.6) is 0 Å². The lowest BCUT2D eigenvalue weighted by Gasteiger charge is -2.20. The molecule has 0 heterocycles. The van der Waals surface area contributed by atoms with Crippen LogP contribution in [0.1, 0.15) is 45.7 Å². The van der Waals surface area contributed by atoms with Crippen molar-refractivity contribution in [3.63, 3.8) is 0 Å². The van der Waals surface area contributed by atoms with E-state index < -0.39 is 11.4 Å². The molecule has 0 spiro atoms. The summed E-state index contributed by atoms with van der Waals surface area (Å²) in [7, 11) is 0. The molecule has 0 bridgehead atoms. The average molecular weight is 248 g/mol. The first-order chi connectivity index (χ1) is 8.10. The van der Waals surface area contributed by atoms with Crippen LogP contribution < -0.4 is 0 Å². The van der Waals surface area contributed by atoms with Crippen LogP contribution in [-0.2, 0) is 17.6 Å². The Balaban J connectivity index is 2.75. The Labute approximate surface area is 110 Å². The van der Waals surface area contributed by atoms with Gasteiger partial charge >= 0.3 is 5.97 Å². The van der Waals surface area contributed by atoms with E-state index in [0.717, 1.165) is 12.0 Å². The van der Waals surface area contributed by atoms with Crippen molar-refractivity contribution in [2.45, 2.75) is 47.5 Å². The number of hydrogen-bond donors (Lipinski definition) is 1. The van der Waals surface area contributed by atoms with Crippen molar-refractivity contribution in [3.8, 4) is 0 Å². The molecular weight excluding hydrogens is 224 g/mol. The summed E-state index contributed by atoms with van der Waals surface area (Å²) >= 11 is 0. The van der Waals surface area contributed by atoms with Gasteiger partial charge in [-0.3, -0.25) is 4.79 Å². The van der Waals surface area contributed by atoms with E-state index in [1.54, 1.807) is 13.8 Å². The van der Waals surface area contributed by atoms with Gasteiger partial charge in [0, 0.05) is 0 Å². The molecule has 1 rings (SSSR count). The minimum atomic E-state index is -0.749. The Kier molecular flexibility index (Phi) is 4.20. The van der Waals surface area contributed by atoms with Gasteiger partial charge in [-0.05, 0) is 43.2 Å². The molecule has 0 atom stereocenters. The molecule has 0 radical (unpaired) electrons. The highest BCUT2D eigenvalue weighted by molar-refractivity contribution is 5.74. The molecule has 0 fully saturated rings. The maximum absolute atomic E-state index is 11.1. The highest BCUT2D eigenvalue weighted by atomic mass is 16.4. The number of hydrogen-bond acceptors (Lipinski definition) is 1. The minimum Gasteiger partial charge on any atom is -0.481 e. The van der Waals surface area contributed by atoms with Gasteiger partial charge in [-0.1, -0.05) is 45.0 Å². The summed E-state index contributed by atoms with van der Waals surface area (Å²) in [5.74, 6) is -0.749. The first-order valence-electron chi connectivity index (χ1n) is 6.41. The van der Waals surface area contributed by atoms with Crippen molar-refractivity contribution < 1.29 is 9.90 Å². The van der Waals surface area contributed by atoms with Crippen molar-refractivity contribution >= 4 is 5.97 Å². The predicted octanol–water partition coefficient (Wildman–Crippen LogP) is 3.93. The van der Waals surface area contributed by atoms with Gasteiger partial charge in [0.25, 0.3) is 0 Å². The van der Waals surface area contributed by atoms with E-state index in [1.165, 1.54) is 5.56 Å². The van der Waals surface area contributed by atoms with Crippen LogP contribution in [0.4, 0.5) is 0 Å². The summed E-state index contributed by atoms with van der Waals surface area (Å²) < 4.78 is 0. The van der Waals surface area contributed by atoms with Crippen LogP contribution in [-0.4, -0.2) is 11.1 Å². The van der Waals surface area contributed by atoms with Crippen molar-refractivity contribution in [2.24, 2.45) is 10.8 Å². The molecule has 1 aromatic rings. The molecule has 0 aromatic heterocycles. The number of benzene rings is 1. The van der Waals surface area contributed by atoms with Gasteiger partial charge in [0.1, 0.15) is 0 Å². The van der Waals surface area contributed by atoms with E-state index in [4.69, 9.17) is 5.11 Å². The number of rotatable bonds is 4. The molecule has 0 unspecified atom stereocenters. The number of carbonyl (C=O) groups is 1. The largest absolute Gasteiger partial charge is 0.481 e. The highest BCUT2D eigenvalue weighted by Gasteiger charge is 2.27. The predicted molar refractivity (Wildman–Crippen MR) is 74.7 cm³/mol. The highest BCUT2D eigenvalue weighted by Crippen LogP contribution is 2.24. The Bertz CT molecular complexity index is 408. The molecule has 100 valence electrons. The van der Waals surface area contributed by atoms with E-state index in [-0.39, 0.29) is 5.41 Å². The van der Waals surface area contributed by atoms with Crippen molar-refractivity contribution in [3.05, 3.63) is 35.4 Å². The maximum atomic E-state index is 11.1. The van der Waals surface area contributed by atoms with E-state index >= 15 is 0 Å². The molecule has 2 heteroatoms. The van der Waals surface area contributed by atoms with Crippen LogP contribution >= 0.6 is 0 Å². The SMILES string of the molecule is CC(C)(C)Cc1ccc(CC(C)(C)C(=O)O)cc1. The molecule has 1 aromatic carbocycles. The first kappa shape index (κ1) is 14.7. The monoisotopic (exact) mass is 248 g/mol. The molecule has 1 N–H and O–H groups in total. The van der Waals surface area contributed by atoms with Crippen LogP contribution in [0.15, 0.2) is 24.3 Å². The number of aliphatic carboxylic acids is 1. The average Bonchev–Trinajstić information content (AvgIpc) is 2.18. The summed E-state index contributed by atoms with van der Waals surface area (Å²) in [5.41, 5.74) is 1.97. The third kappa shape index (κ3) is 4.52. The van der Waals surface area contributed by atoms with Crippen LogP contribution in [0.3, 0.4) is 0 Å². The molecule has 0 saturated carbocycles. The van der Waals surface area contributed by atoms with E-state index in [0.29, 0.717) is 6.42 Å². The van der Waals surface area contributed by atoms with Gasteiger partial charge in [-0.25, -0.2) is 0 Å². The topological polar surface area (TPSA) is 37.3 Å². The zero-order chi connectivity index (χ0) is 14.0. The fourth-order valence-electron chi connectivity index (χ4n) is 1.97. The molecular formula is C16H24O2. The summed E-state index contributed by atoms with van der Waals surface area (Å²) in [6.45, 7) is 10.2. The zero-order valence-electron chi connectivity index (χ0n) is 12.1. The maximum Gasteiger partial charge on any atom is 0.309 e. The molecule has 2 nitrogen and oxygen atoms in total. The number of carboxylic acids is 1. The summed E-state index contributed by atoms with van der Waals surface area (Å²) in [5, 5.41) is 9.11. The first-order valence-corrected chi connectivity index (χ1v) is 6.41. The minimum absolute atomic E-state index is 0.280. The van der Waals surface area contributed by atoms with Gasteiger partial charge in [0.15, 0.2) is 0 Å². The Hall–Kier alpha value is -1.31. The van der Waals surface area contributed by atoms with Gasteiger partial charge in [-0.15, -0.1) is 0 Å². The summed E-state index contributed by atoms with van der Waals surface area (Å²) in [4.78, 5) is 11.1. The molecule has 0 aliphatic heterocycles. The second-order valence-electron chi connectivity index (χ2n) is 6.92. The van der Waals surface area contributed by atoms with E-state index in [9.17, 15) is 4.79 Å². The molecule has 18 heavy (non-hydrogen) atoms. The summed E-state index contributed by atoms with van der Waals surface area (Å²) in [6.07, 6.45) is 1.60. The molecule has 0 amide bonds. The number of carboxylic acid groups (broad SMARTS) is 1. The van der Waals surface area contributed by atoms with Crippen molar-refractivity contribution in [1.29, 1.82) is 0 Å². The lowest BCUT2D eigenvalue weighted by molar-refractivity contribution is -0.146. The van der Waals surface area contributed by atoms with E-state index in [2.05, 4.69) is 32.9 Å². The van der Waals surface area contributed by atoms with E-state index in [1.807, 2.05) is 12.1 Å². The lowest BCUT2D eigenvalue weighted by atomic mass is 9.84. The normalized spacial score (nSPS) is 12.5. The Morgan fingerprint density at radius 2 is 1.33 bits per heavy atom. The van der Waals surface area contributed by atoms with Crippen LogP contribution in [0, 0.1) is 10.8 Å². The van der Waals surface area contributed by atoms with Gasteiger partial charge in [0.05, 0.1) is 5.41 Å². The zero-order valence-corrected chi connectivity index (χ0v) is 12.1. The molecule has 0 aliphatic carbocycles. The fourth-order valence-corrected chi connectivity index (χ4v) is 1.97. The second kappa shape index (κ2) is 5.13. The quantitative estimate of drug-likeness (QED) is 0.876. The smallest absolute Gasteiger partial charge is 0.309 e. The lowest BCUT2D eigenvalue weighted by Crippen LogP contribution is -2.26. The van der Waals surface area contributed by atoms with Crippen molar-refractivity contribution in [1.82, 2.24) is 0 Å². The van der Waals surface area contributed by atoms with Crippen molar-refractivity contribution in [2.75, 3.05) is 0 Å². The van der Waals surface area contributed by atoms with Gasteiger partial charge in [0.2, 0.25) is 0 Å². The molecule has 0 saturated heterocycles. The Morgan fingerprint density at radius 3 is 1.67 bits per heavy atom. The third-order valence-electron chi connectivity index (χ3n) is 2.98.